The van der Waals surface area contributed by atoms with Crippen LogP contribution in [0.3, 0.4) is 0 Å². The maximum absolute atomic E-state index is 13.1. The van der Waals surface area contributed by atoms with Gasteiger partial charge in [-0.2, -0.15) is 0 Å². The highest BCUT2D eigenvalue weighted by Gasteiger charge is 2.33. The van der Waals surface area contributed by atoms with Crippen LogP contribution in [0.2, 0.25) is 0 Å². The first kappa shape index (κ1) is 18.0. The van der Waals surface area contributed by atoms with Crippen LogP contribution in [-0.4, -0.2) is 52.9 Å². The minimum atomic E-state index is 0.295. The summed E-state index contributed by atoms with van der Waals surface area (Å²) in [4.78, 5) is 22.5. The summed E-state index contributed by atoms with van der Waals surface area (Å²) in [6.07, 6.45) is 13.0. The first-order valence-corrected chi connectivity index (χ1v) is 10.7. The van der Waals surface area contributed by atoms with Gasteiger partial charge in [-0.15, -0.1) is 0 Å². The lowest BCUT2D eigenvalue weighted by Crippen LogP contribution is -2.40. The van der Waals surface area contributed by atoms with Gasteiger partial charge in [-0.1, -0.05) is 31.7 Å². The molecule has 26 heavy (non-hydrogen) atoms. The average Bonchev–Trinajstić information content (AvgIpc) is 3.35. The maximum Gasteiger partial charge on any atom is 0.225 e. The SMILES string of the molecule is O=C(C1CCCC1)N1CCN(C2CCCC2)C[C@@H](Cc2ccccn2)C1. The van der Waals surface area contributed by atoms with E-state index in [1.54, 1.807) is 0 Å². The minimum absolute atomic E-state index is 0.295. The molecule has 1 aromatic heterocycles. The number of carbonyl (C=O) groups is 1. The number of amides is 1. The standard InChI is InChI=1S/C22H33N3O/c26-22(19-7-1-2-8-19)25-14-13-24(21-10-3-4-11-21)16-18(17-25)15-20-9-5-6-12-23-20/h5-6,9,12,18-19,21H,1-4,7-8,10-11,13-17H2/t18-/m1/s1. The van der Waals surface area contributed by atoms with Crippen LogP contribution in [0, 0.1) is 11.8 Å². The van der Waals surface area contributed by atoms with Crippen molar-refractivity contribution in [1.82, 2.24) is 14.8 Å². The topological polar surface area (TPSA) is 36.4 Å². The summed E-state index contributed by atoms with van der Waals surface area (Å²) >= 11 is 0. The lowest BCUT2D eigenvalue weighted by Gasteiger charge is -2.29. The largest absolute Gasteiger partial charge is 0.341 e. The van der Waals surface area contributed by atoms with E-state index in [1.807, 2.05) is 12.3 Å². The molecule has 2 aliphatic carbocycles. The van der Waals surface area contributed by atoms with Crippen LogP contribution >= 0.6 is 0 Å². The van der Waals surface area contributed by atoms with E-state index in [2.05, 4.69) is 26.9 Å². The van der Waals surface area contributed by atoms with Crippen LogP contribution in [0.5, 0.6) is 0 Å². The molecule has 0 radical (unpaired) electrons. The summed E-state index contributed by atoms with van der Waals surface area (Å²) in [6, 6.07) is 6.93. The molecule has 3 fully saturated rings. The molecule has 0 unspecified atom stereocenters. The van der Waals surface area contributed by atoms with Gasteiger partial charge < -0.3 is 4.90 Å². The van der Waals surface area contributed by atoms with E-state index in [9.17, 15) is 4.79 Å². The number of nitrogens with zero attached hydrogens (tertiary/aromatic N) is 3. The average molecular weight is 356 g/mol. The summed E-state index contributed by atoms with van der Waals surface area (Å²) in [5.74, 6) is 1.23. The van der Waals surface area contributed by atoms with Crippen molar-refractivity contribution in [3.05, 3.63) is 30.1 Å². The molecule has 4 nitrogen and oxygen atoms in total. The van der Waals surface area contributed by atoms with Gasteiger partial charge in [-0.05, 0) is 50.2 Å². The zero-order valence-electron chi connectivity index (χ0n) is 16.0. The highest BCUT2D eigenvalue weighted by atomic mass is 16.2. The number of carbonyl (C=O) groups excluding carboxylic acids is 1. The molecule has 0 N–H and O–H groups in total. The van der Waals surface area contributed by atoms with Crippen molar-refractivity contribution in [3.8, 4) is 0 Å². The second kappa shape index (κ2) is 8.51. The molecular formula is C22H33N3O. The van der Waals surface area contributed by atoms with E-state index in [0.29, 0.717) is 17.7 Å². The van der Waals surface area contributed by atoms with E-state index in [4.69, 9.17) is 0 Å². The highest BCUT2D eigenvalue weighted by Crippen LogP contribution is 2.29. The van der Waals surface area contributed by atoms with Crippen molar-refractivity contribution in [1.29, 1.82) is 0 Å². The number of hydrogen-bond donors (Lipinski definition) is 0. The third-order valence-corrected chi connectivity index (χ3v) is 6.71. The fourth-order valence-corrected chi connectivity index (χ4v) is 5.31. The molecule has 1 atom stereocenters. The lowest BCUT2D eigenvalue weighted by atomic mass is 9.99. The molecule has 3 aliphatic rings. The van der Waals surface area contributed by atoms with Gasteiger partial charge in [0, 0.05) is 50.0 Å². The van der Waals surface area contributed by atoms with Crippen LogP contribution in [0.15, 0.2) is 24.4 Å². The smallest absolute Gasteiger partial charge is 0.225 e. The fourth-order valence-electron chi connectivity index (χ4n) is 5.31. The fraction of sp³-hybridized carbons (Fsp3) is 0.727. The Morgan fingerprint density at radius 2 is 1.77 bits per heavy atom. The molecule has 4 heteroatoms. The van der Waals surface area contributed by atoms with Crippen molar-refractivity contribution < 1.29 is 4.79 Å². The van der Waals surface area contributed by atoms with Crippen molar-refractivity contribution in [2.24, 2.45) is 11.8 Å². The van der Waals surface area contributed by atoms with Crippen LogP contribution < -0.4 is 0 Å². The van der Waals surface area contributed by atoms with E-state index in [-0.39, 0.29) is 0 Å². The van der Waals surface area contributed by atoms with Gasteiger partial charge in [0.25, 0.3) is 0 Å². The van der Waals surface area contributed by atoms with Gasteiger partial charge in [0.1, 0.15) is 0 Å². The Morgan fingerprint density at radius 3 is 2.50 bits per heavy atom. The maximum atomic E-state index is 13.1. The van der Waals surface area contributed by atoms with Gasteiger partial charge in [-0.3, -0.25) is 14.7 Å². The summed E-state index contributed by atoms with van der Waals surface area (Å²) in [6.45, 7) is 4.01. The number of aromatic nitrogens is 1. The van der Waals surface area contributed by atoms with Crippen molar-refractivity contribution >= 4 is 5.91 Å². The first-order chi connectivity index (χ1) is 12.8. The second-order valence-electron chi connectivity index (χ2n) is 8.59. The molecule has 0 spiro atoms. The van der Waals surface area contributed by atoms with E-state index < -0.39 is 0 Å². The van der Waals surface area contributed by atoms with E-state index >= 15 is 0 Å². The molecule has 1 aromatic rings. The van der Waals surface area contributed by atoms with Crippen LogP contribution in [0.25, 0.3) is 0 Å². The molecule has 2 saturated carbocycles. The van der Waals surface area contributed by atoms with Gasteiger partial charge in [0.15, 0.2) is 0 Å². The lowest BCUT2D eigenvalue weighted by molar-refractivity contribution is -0.135. The Kier molecular flexibility index (Phi) is 5.88. The number of hydrogen-bond acceptors (Lipinski definition) is 3. The molecule has 142 valence electrons. The molecule has 1 aliphatic heterocycles. The van der Waals surface area contributed by atoms with Crippen molar-refractivity contribution in [3.63, 3.8) is 0 Å². The first-order valence-electron chi connectivity index (χ1n) is 10.7. The Hall–Kier alpha value is -1.42. The van der Waals surface area contributed by atoms with E-state index in [1.165, 1.54) is 44.2 Å². The molecule has 0 aromatic carbocycles. The summed E-state index contributed by atoms with van der Waals surface area (Å²) in [5, 5.41) is 0. The monoisotopic (exact) mass is 355 g/mol. The molecule has 0 bridgehead atoms. The van der Waals surface area contributed by atoms with Gasteiger partial charge in [-0.25, -0.2) is 0 Å². The number of rotatable bonds is 4. The minimum Gasteiger partial charge on any atom is -0.341 e. The third kappa shape index (κ3) is 4.28. The molecule has 1 amide bonds. The van der Waals surface area contributed by atoms with Crippen LogP contribution in [0.1, 0.15) is 57.1 Å². The zero-order valence-corrected chi connectivity index (χ0v) is 16.0. The van der Waals surface area contributed by atoms with Gasteiger partial charge in [0.2, 0.25) is 5.91 Å². The van der Waals surface area contributed by atoms with E-state index in [0.717, 1.165) is 51.5 Å². The quantitative estimate of drug-likeness (QED) is 0.829. The Balaban J connectivity index is 1.47. The predicted molar refractivity (Wildman–Crippen MR) is 104 cm³/mol. The third-order valence-electron chi connectivity index (χ3n) is 6.71. The summed E-state index contributed by atoms with van der Waals surface area (Å²) in [5.41, 5.74) is 1.17. The van der Waals surface area contributed by atoms with Crippen LogP contribution in [-0.2, 0) is 11.2 Å². The predicted octanol–water partition coefficient (Wildman–Crippen LogP) is 3.52. The molecule has 2 heterocycles. The Bertz CT molecular complexity index is 578. The molecule has 4 rings (SSSR count). The van der Waals surface area contributed by atoms with Crippen molar-refractivity contribution in [2.75, 3.05) is 26.2 Å². The van der Waals surface area contributed by atoms with Gasteiger partial charge >= 0.3 is 0 Å². The Labute approximate surface area is 158 Å². The van der Waals surface area contributed by atoms with Crippen LogP contribution in [0.4, 0.5) is 0 Å². The molecule has 1 saturated heterocycles. The summed E-state index contributed by atoms with van der Waals surface area (Å²) in [7, 11) is 0. The van der Waals surface area contributed by atoms with Gasteiger partial charge in [0.05, 0.1) is 0 Å². The zero-order chi connectivity index (χ0) is 17.8. The number of pyridine rings is 1. The Morgan fingerprint density at radius 1 is 1.00 bits per heavy atom. The second-order valence-corrected chi connectivity index (χ2v) is 8.59. The highest BCUT2D eigenvalue weighted by molar-refractivity contribution is 5.79. The molecular weight excluding hydrogens is 322 g/mol. The normalized spacial score (nSPS) is 26.3. The van der Waals surface area contributed by atoms with Crippen molar-refractivity contribution in [2.45, 2.75) is 63.8 Å². The summed E-state index contributed by atoms with van der Waals surface area (Å²) < 4.78 is 0.